The van der Waals surface area contributed by atoms with Crippen molar-refractivity contribution in [3.8, 4) is 0 Å². The molecule has 0 aromatic carbocycles. The Bertz CT molecular complexity index is 413. The van der Waals surface area contributed by atoms with Crippen LogP contribution in [0.2, 0.25) is 0 Å². The van der Waals surface area contributed by atoms with Gasteiger partial charge >= 0.3 is 0 Å². The summed E-state index contributed by atoms with van der Waals surface area (Å²) in [6.45, 7) is 4.98. The van der Waals surface area contributed by atoms with Crippen LogP contribution in [0.3, 0.4) is 0 Å². The smallest absolute Gasteiger partial charge is 0.226 e. The van der Waals surface area contributed by atoms with Crippen LogP contribution in [0.1, 0.15) is 12.8 Å². The third-order valence-corrected chi connectivity index (χ3v) is 4.61. The largest absolute Gasteiger partial charge is 0.395 e. The number of carbonyl (C=O) groups excluding carboxylic acids is 1. The van der Waals surface area contributed by atoms with Crippen LogP contribution in [0.25, 0.3) is 0 Å². The molecule has 1 heterocycles. The van der Waals surface area contributed by atoms with Gasteiger partial charge < -0.3 is 10.0 Å². The number of rotatable bonds is 6. The predicted octanol–water partition coefficient (Wildman–Crippen LogP) is -0.335. The van der Waals surface area contributed by atoms with E-state index in [4.69, 9.17) is 5.11 Å². The zero-order chi connectivity index (χ0) is 14.5. The Morgan fingerprint density at radius 2 is 2.05 bits per heavy atom. The van der Waals surface area contributed by atoms with Crippen molar-refractivity contribution in [1.29, 1.82) is 0 Å². The maximum Gasteiger partial charge on any atom is 0.226 e. The van der Waals surface area contributed by atoms with Gasteiger partial charge in [0.1, 0.15) is 0 Å². The fraction of sp³-hybridized carbons (Fsp3) is 0.750. The molecule has 19 heavy (non-hydrogen) atoms. The van der Waals surface area contributed by atoms with Gasteiger partial charge in [-0.25, -0.2) is 12.7 Å². The number of amides is 1. The monoisotopic (exact) mass is 290 g/mol. The van der Waals surface area contributed by atoms with E-state index >= 15 is 0 Å². The summed E-state index contributed by atoms with van der Waals surface area (Å²) in [6, 6.07) is 0. The molecule has 1 aliphatic rings. The molecular formula is C12H22N2O4S. The van der Waals surface area contributed by atoms with E-state index in [2.05, 4.69) is 6.58 Å². The molecule has 0 aromatic heterocycles. The molecule has 0 bridgehead atoms. The molecule has 1 N–H and O–H groups in total. The van der Waals surface area contributed by atoms with Crippen molar-refractivity contribution < 1.29 is 18.3 Å². The Kier molecular flexibility index (Phi) is 5.96. The van der Waals surface area contributed by atoms with Crippen LogP contribution >= 0.6 is 0 Å². The van der Waals surface area contributed by atoms with Crippen LogP contribution in [0.5, 0.6) is 0 Å². The summed E-state index contributed by atoms with van der Waals surface area (Å²) >= 11 is 0. The van der Waals surface area contributed by atoms with Gasteiger partial charge in [-0.3, -0.25) is 4.79 Å². The van der Waals surface area contributed by atoms with E-state index in [1.165, 1.54) is 10.6 Å². The molecule has 0 atom stereocenters. The van der Waals surface area contributed by atoms with Crippen molar-refractivity contribution >= 4 is 15.9 Å². The molecule has 7 heteroatoms. The molecule has 0 unspecified atom stereocenters. The summed E-state index contributed by atoms with van der Waals surface area (Å²) in [5.74, 6) is -0.188. The number of sulfonamides is 1. The molecular weight excluding hydrogens is 268 g/mol. The fourth-order valence-corrected chi connectivity index (χ4v) is 3.13. The van der Waals surface area contributed by atoms with Gasteiger partial charge in [0.15, 0.2) is 0 Å². The maximum absolute atomic E-state index is 12.2. The van der Waals surface area contributed by atoms with Crippen LogP contribution in [0.15, 0.2) is 12.7 Å². The molecule has 1 aliphatic heterocycles. The first-order valence-electron chi connectivity index (χ1n) is 6.35. The van der Waals surface area contributed by atoms with E-state index in [-0.39, 0.29) is 25.0 Å². The molecule has 1 amide bonds. The Morgan fingerprint density at radius 1 is 1.47 bits per heavy atom. The Balaban J connectivity index is 2.58. The summed E-state index contributed by atoms with van der Waals surface area (Å²) in [5, 5.41) is 8.94. The summed E-state index contributed by atoms with van der Waals surface area (Å²) in [4.78, 5) is 13.8. The van der Waals surface area contributed by atoms with Gasteiger partial charge in [-0.2, -0.15) is 0 Å². The van der Waals surface area contributed by atoms with Gasteiger partial charge in [-0.15, -0.1) is 6.58 Å². The third kappa shape index (κ3) is 4.59. The number of aliphatic hydroxyl groups is 1. The minimum atomic E-state index is -3.16. The Morgan fingerprint density at radius 3 is 2.47 bits per heavy atom. The fourth-order valence-electron chi connectivity index (χ4n) is 2.26. The number of carbonyl (C=O) groups is 1. The minimum absolute atomic E-state index is 0.0258. The SMILES string of the molecule is C=CCN(CCO)C(=O)C1CCN(S(C)(=O)=O)CC1. The minimum Gasteiger partial charge on any atom is -0.395 e. The van der Waals surface area contributed by atoms with Crippen molar-refractivity contribution in [3.05, 3.63) is 12.7 Å². The summed E-state index contributed by atoms with van der Waals surface area (Å²) < 4.78 is 24.2. The number of nitrogens with zero attached hydrogens (tertiary/aromatic N) is 2. The number of hydrogen-bond donors (Lipinski definition) is 1. The Labute approximate surface area is 114 Å². The van der Waals surface area contributed by atoms with E-state index in [9.17, 15) is 13.2 Å². The lowest BCUT2D eigenvalue weighted by molar-refractivity contribution is -0.136. The molecule has 0 aromatic rings. The number of aliphatic hydroxyl groups excluding tert-OH is 1. The topological polar surface area (TPSA) is 77.9 Å². The van der Waals surface area contributed by atoms with E-state index in [0.29, 0.717) is 32.5 Å². The standard InChI is InChI=1S/C12H22N2O4S/c1-3-6-13(9-10-15)12(16)11-4-7-14(8-5-11)19(2,17)18/h3,11,15H,1,4-10H2,2H3. The average Bonchev–Trinajstić information content (AvgIpc) is 2.37. The molecule has 6 nitrogen and oxygen atoms in total. The molecule has 0 saturated carbocycles. The molecule has 1 fully saturated rings. The lowest BCUT2D eigenvalue weighted by Crippen LogP contribution is -2.44. The first kappa shape index (κ1) is 16.1. The lowest BCUT2D eigenvalue weighted by atomic mass is 9.96. The van der Waals surface area contributed by atoms with Crippen LogP contribution < -0.4 is 0 Å². The highest BCUT2D eigenvalue weighted by Crippen LogP contribution is 2.21. The van der Waals surface area contributed by atoms with Crippen LogP contribution in [-0.4, -0.2) is 67.7 Å². The molecule has 0 spiro atoms. The van der Waals surface area contributed by atoms with E-state index in [0.717, 1.165) is 0 Å². The van der Waals surface area contributed by atoms with E-state index in [1.807, 2.05) is 0 Å². The van der Waals surface area contributed by atoms with Gasteiger partial charge in [0, 0.05) is 32.1 Å². The van der Waals surface area contributed by atoms with E-state index < -0.39 is 10.0 Å². The van der Waals surface area contributed by atoms with Crippen molar-refractivity contribution in [2.45, 2.75) is 12.8 Å². The van der Waals surface area contributed by atoms with Crippen LogP contribution in [0.4, 0.5) is 0 Å². The molecule has 1 saturated heterocycles. The Hall–Kier alpha value is -0.920. The van der Waals surface area contributed by atoms with Crippen molar-refractivity contribution in [2.24, 2.45) is 5.92 Å². The number of hydrogen-bond acceptors (Lipinski definition) is 4. The zero-order valence-electron chi connectivity index (χ0n) is 11.3. The van der Waals surface area contributed by atoms with Crippen molar-refractivity contribution in [1.82, 2.24) is 9.21 Å². The highest BCUT2D eigenvalue weighted by atomic mass is 32.2. The molecule has 0 aliphatic carbocycles. The molecule has 110 valence electrons. The maximum atomic E-state index is 12.2. The zero-order valence-corrected chi connectivity index (χ0v) is 12.1. The van der Waals surface area contributed by atoms with Gasteiger partial charge in [0.05, 0.1) is 12.9 Å². The third-order valence-electron chi connectivity index (χ3n) is 3.30. The first-order valence-corrected chi connectivity index (χ1v) is 8.20. The second-order valence-corrected chi connectivity index (χ2v) is 6.72. The summed E-state index contributed by atoms with van der Waals surface area (Å²) in [6.07, 6.45) is 3.88. The highest BCUT2D eigenvalue weighted by Gasteiger charge is 2.30. The quantitative estimate of drug-likeness (QED) is 0.679. The van der Waals surface area contributed by atoms with Crippen molar-refractivity contribution in [2.75, 3.05) is 39.0 Å². The summed E-state index contributed by atoms with van der Waals surface area (Å²) in [7, 11) is -3.16. The number of piperidine rings is 1. The first-order chi connectivity index (χ1) is 8.90. The van der Waals surface area contributed by atoms with Gasteiger partial charge in [-0.05, 0) is 12.8 Å². The van der Waals surface area contributed by atoms with Crippen LogP contribution in [-0.2, 0) is 14.8 Å². The van der Waals surface area contributed by atoms with Gasteiger partial charge in [-0.1, -0.05) is 6.08 Å². The van der Waals surface area contributed by atoms with E-state index in [1.54, 1.807) is 11.0 Å². The second-order valence-electron chi connectivity index (χ2n) is 4.73. The molecule has 0 radical (unpaired) electrons. The predicted molar refractivity (Wildman–Crippen MR) is 73.0 cm³/mol. The molecule has 1 rings (SSSR count). The normalized spacial score (nSPS) is 18.2. The van der Waals surface area contributed by atoms with Gasteiger partial charge in [0.25, 0.3) is 0 Å². The highest BCUT2D eigenvalue weighted by molar-refractivity contribution is 7.88. The van der Waals surface area contributed by atoms with Gasteiger partial charge in [0.2, 0.25) is 15.9 Å². The summed E-state index contributed by atoms with van der Waals surface area (Å²) in [5.41, 5.74) is 0. The lowest BCUT2D eigenvalue weighted by Gasteiger charge is -2.32. The second kappa shape index (κ2) is 7.02. The van der Waals surface area contributed by atoms with Crippen LogP contribution in [0, 0.1) is 5.92 Å². The van der Waals surface area contributed by atoms with Crippen molar-refractivity contribution in [3.63, 3.8) is 0 Å². The average molecular weight is 290 g/mol.